The highest BCUT2D eigenvalue weighted by Crippen LogP contribution is 2.17. The quantitative estimate of drug-likeness (QED) is 0.671. The third kappa shape index (κ3) is 7.59. The number of likely N-dealkylation sites (N-methyl/N-ethyl adjacent to an activating group) is 1. The lowest BCUT2D eigenvalue weighted by atomic mass is 10.1. The minimum absolute atomic E-state index is 0.0551. The summed E-state index contributed by atoms with van der Waals surface area (Å²) in [5, 5.41) is 8.94. The van der Waals surface area contributed by atoms with Gasteiger partial charge in [-0.25, -0.2) is 0 Å². The number of hydrogen-bond donors (Lipinski definition) is 1. The maximum absolute atomic E-state index is 12.5. The van der Waals surface area contributed by atoms with Crippen LogP contribution >= 0.6 is 0 Å². The highest BCUT2D eigenvalue weighted by atomic mass is 16.5. The van der Waals surface area contributed by atoms with Gasteiger partial charge in [-0.15, -0.1) is 0 Å². The van der Waals surface area contributed by atoms with Gasteiger partial charge in [-0.2, -0.15) is 0 Å². The fourth-order valence-corrected chi connectivity index (χ4v) is 3.54. The molecule has 0 spiro atoms. The van der Waals surface area contributed by atoms with Crippen LogP contribution in [0, 0.1) is 6.92 Å². The van der Waals surface area contributed by atoms with Gasteiger partial charge in [0.05, 0.1) is 13.2 Å². The number of amides is 1. The number of carboxylic acids is 1. The summed E-state index contributed by atoms with van der Waals surface area (Å²) in [5.74, 6) is 0.278. The maximum Gasteiger partial charge on any atom is 0.317 e. The van der Waals surface area contributed by atoms with Gasteiger partial charge in [0.25, 0.3) is 0 Å². The Kier molecular flexibility index (Phi) is 8.58. The van der Waals surface area contributed by atoms with E-state index in [9.17, 15) is 9.59 Å². The molecule has 0 bridgehead atoms. The molecule has 27 heavy (non-hydrogen) atoms. The maximum atomic E-state index is 12.5. The molecule has 0 aliphatic carbocycles. The molecule has 1 atom stereocenters. The first kappa shape index (κ1) is 21.2. The SMILES string of the molecule is Cc1cccc(OCCCCC(=O)N2CCCC(N(C)CC(=O)O)CC2)c1. The number of rotatable bonds is 9. The highest BCUT2D eigenvalue weighted by molar-refractivity contribution is 5.76. The molecule has 0 saturated carbocycles. The van der Waals surface area contributed by atoms with Gasteiger partial charge in [0.15, 0.2) is 0 Å². The van der Waals surface area contributed by atoms with Gasteiger partial charge in [-0.3, -0.25) is 14.5 Å². The fourth-order valence-electron chi connectivity index (χ4n) is 3.54. The highest BCUT2D eigenvalue weighted by Gasteiger charge is 2.23. The Bertz CT molecular complexity index is 620. The Morgan fingerprint density at radius 3 is 2.81 bits per heavy atom. The van der Waals surface area contributed by atoms with Crippen LogP contribution in [-0.4, -0.2) is 66.1 Å². The molecule has 1 aromatic rings. The van der Waals surface area contributed by atoms with Gasteiger partial charge in [0.2, 0.25) is 5.91 Å². The number of nitrogens with zero attached hydrogens (tertiary/aromatic N) is 2. The smallest absolute Gasteiger partial charge is 0.317 e. The molecule has 1 unspecified atom stereocenters. The second kappa shape index (κ2) is 10.9. The number of aliphatic carboxylic acids is 1. The van der Waals surface area contributed by atoms with E-state index in [2.05, 4.69) is 0 Å². The monoisotopic (exact) mass is 376 g/mol. The molecular formula is C21H32N2O4. The number of benzene rings is 1. The van der Waals surface area contributed by atoms with Crippen LogP contribution in [0.5, 0.6) is 5.75 Å². The molecule has 1 fully saturated rings. The predicted molar refractivity (Wildman–Crippen MR) is 105 cm³/mol. The van der Waals surface area contributed by atoms with Gasteiger partial charge in [0.1, 0.15) is 5.75 Å². The third-order valence-electron chi connectivity index (χ3n) is 5.10. The van der Waals surface area contributed by atoms with E-state index in [1.807, 2.05) is 48.0 Å². The molecular weight excluding hydrogens is 344 g/mol. The van der Waals surface area contributed by atoms with Crippen molar-refractivity contribution in [1.82, 2.24) is 9.80 Å². The molecule has 6 nitrogen and oxygen atoms in total. The van der Waals surface area contributed by atoms with Crippen LogP contribution < -0.4 is 4.74 Å². The number of carbonyl (C=O) groups is 2. The Morgan fingerprint density at radius 1 is 1.26 bits per heavy atom. The second-order valence-electron chi connectivity index (χ2n) is 7.40. The molecule has 150 valence electrons. The van der Waals surface area contributed by atoms with E-state index in [1.165, 1.54) is 5.56 Å². The van der Waals surface area contributed by atoms with Crippen LogP contribution in [0.15, 0.2) is 24.3 Å². The Morgan fingerprint density at radius 2 is 2.07 bits per heavy atom. The van der Waals surface area contributed by atoms with Crippen molar-refractivity contribution in [1.29, 1.82) is 0 Å². The topological polar surface area (TPSA) is 70.1 Å². The summed E-state index contributed by atoms with van der Waals surface area (Å²) in [5.41, 5.74) is 1.18. The Balaban J connectivity index is 1.65. The summed E-state index contributed by atoms with van der Waals surface area (Å²) >= 11 is 0. The third-order valence-corrected chi connectivity index (χ3v) is 5.10. The zero-order chi connectivity index (χ0) is 19.6. The van der Waals surface area contributed by atoms with E-state index < -0.39 is 5.97 Å². The number of ether oxygens (including phenoxy) is 1. The normalized spacial score (nSPS) is 17.6. The number of aryl methyl sites for hydroxylation is 1. The first-order valence-electron chi connectivity index (χ1n) is 9.85. The van der Waals surface area contributed by atoms with Gasteiger partial charge in [0, 0.05) is 25.6 Å². The molecule has 1 aliphatic rings. The van der Waals surface area contributed by atoms with Crippen molar-refractivity contribution >= 4 is 11.9 Å². The van der Waals surface area contributed by atoms with Gasteiger partial charge in [-0.05, 0) is 63.8 Å². The summed E-state index contributed by atoms with van der Waals surface area (Å²) in [7, 11) is 1.85. The minimum atomic E-state index is -0.803. The van der Waals surface area contributed by atoms with Crippen molar-refractivity contribution < 1.29 is 19.4 Å². The van der Waals surface area contributed by atoms with E-state index in [0.29, 0.717) is 19.6 Å². The molecule has 6 heteroatoms. The lowest BCUT2D eigenvalue weighted by molar-refractivity contribution is -0.138. The van der Waals surface area contributed by atoms with Crippen LogP contribution in [0.1, 0.15) is 44.1 Å². The fraction of sp³-hybridized carbons (Fsp3) is 0.619. The van der Waals surface area contributed by atoms with Crippen molar-refractivity contribution in [3.63, 3.8) is 0 Å². The zero-order valence-electron chi connectivity index (χ0n) is 16.5. The van der Waals surface area contributed by atoms with E-state index in [4.69, 9.17) is 9.84 Å². The Hall–Kier alpha value is -2.08. The first-order chi connectivity index (χ1) is 13.0. The zero-order valence-corrected chi connectivity index (χ0v) is 16.5. The molecule has 1 N–H and O–H groups in total. The number of hydrogen-bond acceptors (Lipinski definition) is 4. The van der Waals surface area contributed by atoms with E-state index >= 15 is 0 Å². The van der Waals surface area contributed by atoms with Crippen LogP contribution in [0.2, 0.25) is 0 Å². The minimum Gasteiger partial charge on any atom is -0.494 e. The summed E-state index contributed by atoms with van der Waals surface area (Å²) in [6, 6.07) is 8.22. The van der Waals surface area contributed by atoms with E-state index in [-0.39, 0.29) is 18.5 Å². The van der Waals surface area contributed by atoms with E-state index in [0.717, 1.165) is 44.4 Å². The summed E-state index contributed by atoms with van der Waals surface area (Å²) in [6.45, 7) is 4.21. The average molecular weight is 376 g/mol. The van der Waals surface area contributed by atoms with Crippen LogP contribution in [-0.2, 0) is 9.59 Å². The Labute approximate surface area is 162 Å². The number of carboxylic acid groups (broad SMARTS) is 1. The lowest BCUT2D eigenvalue weighted by Crippen LogP contribution is -2.37. The number of unbranched alkanes of at least 4 members (excludes halogenated alkanes) is 1. The molecule has 1 amide bonds. The molecule has 1 heterocycles. The molecule has 0 aromatic heterocycles. The molecule has 0 radical (unpaired) electrons. The lowest BCUT2D eigenvalue weighted by Gasteiger charge is -2.25. The van der Waals surface area contributed by atoms with Crippen molar-refractivity contribution in [3.05, 3.63) is 29.8 Å². The van der Waals surface area contributed by atoms with E-state index in [1.54, 1.807) is 0 Å². The van der Waals surface area contributed by atoms with Crippen LogP contribution in [0.3, 0.4) is 0 Å². The average Bonchev–Trinajstić information content (AvgIpc) is 2.87. The molecule has 1 aromatic carbocycles. The number of carbonyl (C=O) groups excluding carboxylic acids is 1. The predicted octanol–water partition coefficient (Wildman–Crippen LogP) is 2.94. The van der Waals surface area contributed by atoms with Crippen LogP contribution in [0.4, 0.5) is 0 Å². The van der Waals surface area contributed by atoms with Crippen molar-refractivity contribution in [2.75, 3.05) is 33.3 Å². The van der Waals surface area contributed by atoms with Crippen LogP contribution in [0.25, 0.3) is 0 Å². The number of likely N-dealkylation sites (tertiary alicyclic amines) is 1. The molecule has 1 aliphatic heterocycles. The first-order valence-corrected chi connectivity index (χ1v) is 9.85. The summed E-state index contributed by atoms with van der Waals surface area (Å²) in [6.07, 6.45) is 4.94. The van der Waals surface area contributed by atoms with Gasteiger partial charge >= 0.3 is 5.97 Å². The second-order valence-corrected chi connectivity index (χ2v) is 7.40. The van der Waals surface area contributed by atoms with Crippen molar-refractivity contribution in [2.24, 2.45) is 0 Å². The van der Waals surface area contributed by atoms with Gasteiger partial charge in [-0.1, -0.05) is 12.1 Å². The van der Waals surface area contributed by atoms with Gasteiger partial charge < -0.3 is 14.7 Å². The largest absolute Gasteiger partial charge is 0.494 e. The molecule has 2 rings (SSSR count). The standard InChI is InChI=1S/C21H32N2O4/c1-17-7-5-9-19(15-17)27-14-4-3-10-20(24)23-12-6-8-18(11-13-23)22(2)16-21(25)26/h5,7,9,15,18H,3-4,6,8,10-14,16H2,1-2H3,(H,25,26). The van der Waals surface area contributed by atoms with Crippen molar-refractivity contribution in [2.45, 2.75) is 51.5 Å². The van der Waals surface area contributed by atoms with Crippen molar-refractivity contribution in [3.8, 4) is 5.75 Å². The summed E-state index contributed by atoms with van der Waals surface area (Å²) < 4.78 is 5.73. The summed E-state index contributed by atoms with van der Waals surface area (Å²) in [4.78, 5) is 27.2. The molecule has 1 saturated heterocycles.